The van der Waals surface area contributed by atoms with Crippen LogP contribution in [0.5, 0.6) is 11.6 Å². The van der Waals surface area contributed by atoms with E-state index in [1.54, 1.807) is 6.92 Å². The molecule has 1 saturated heterocycles. The minimum atomic E-state index is -1.75. The van der Waals surface area contributed by atoms with E-state index in [9.17, 15) is 4.79 Å². The topological polar surface area (TPSA) is 145 Å². The molecule has 0 radical (unpaired) electrons. The van der Waals surface area contributed by atoms with Crippen LogP contribution in [0.25, 0.3) is 21.9 Å². The van der Waals surface area contributed by atoms with Crippen molar-refractivity contribution >= 4 is 42.4 Å². The van der Waals surface area contributed by atoms with Crippen LogP contribution in [0.1, 0.15) is 46.2 Å². The van der Waals surface area contributed by atoms with Gasteiger partial charge in [-0.1, -0.05) is 43.3 Å². The van der Waals surface area contributed by atoms with E-state index in [0.29, 0.717) is 28.6 Å². The minimum Gasteiger partial charge on any atom is -0.479 e. The van der Waals surface area contributed by atoms with Gasteiger partial charge in [0.1, 0.15) is 23.8 Å². The molecule has 3 N–H and O–H groups in total. The molecule has 12 nitrogen and oxygen atoms in total. The Morgan fingerprint density at radius 3 is 2.69 bits per heavy atom. The summed E-state index contributed by atoms with van der Waals surface area (Å²) in [7, 11) is -0.224. The lowest BCUT2D eigenvalue weighted by Gasteiger charge is -2.24. The predicted molar refractivity (Wildman–Crippen MR) is 160 cm³/mol. The number of fused-ring (bicyclic) bond motifs is 2. The average molecular weight is 597 g/mol. The van der Waals surface area contributed by atoms with Gasteiger partial charge in [-0.25, -0.2) is 10.1 Å². The van der Waals surface area contributed by atoms with Crippen molar-refractivity contribution in [3.63, 3.8) is 0 Å². The first kappa shape index (κ1) is 29.9. The second-order valence-electron chi connectivity index (χ2n) is 10.6. The zero-order valence-electron chi connectivity index (χ0n) is 24.6. The van der Waals surface area contributed by atoms with Gasteiger partial charge in [0.2, 0.25) is 11.8 Å². The second-order valence-corrected chi connectivity index (χ2v) is 11.8. The molecule has 0 bridgehead atoms. The molecule has 0 aliphatic carbocycles. The predicted octanol–water partition coefficient (Wildman–Crippen LogP) is 5.05. The Hall–Kier alpha value is -3.57. The van der Waals surface area contributed by atoms with Crippen LogP contribution in [0.3, 0.4) is 0 Å². The summed E-state index contributed by atoms with van der Waals surface area (Å²) in [6.45, 7) is 9.59. The monoisotopic (exact) mass is 596 g/mol. The minimum absolute atomic E-state index is 0.0958. The molecule has 1 fully saturated rings. The normalized spacial score (nSPS) is 20.2. The molecule has 5 unspecified atom stereocenters. The first-order chi connectivity index (χ1) is 20.1. The molecule has 0 saturated carbocycles. The highest BCUT2D eigenvalue weighted by molar-refractivity contribution is 7.45. The summed E-state index contributed by atoms with van der Waals surface area (Å²) in [5.41, 5.74) is 7.03. The largest absolute Gasteiger partial charge is 0.479 e. The fourth-order valence-corrected chi connectivity index (χ4v) is 6.25. The molecule has 42 heavy (non-hydrogen) atoms. The van der Waals surface area contributed by atoms with Gasteiger partial charge in [0, 0.05) is 11.3 Å². The molecular weight excluding hydrogens is 559 g/mol. The lowest BCUT2D eigenvalue weighted by atomic mass is 10.1. The Bertz CT molecular complexity index is 1560. The van der Waals surface area contributed by atoms with Crippen molar-refractivity contribution in [1.29, 1.82) is 0 Å². The van der Waals surface area contributed by atoms with Gasteiger partial charge in [0.05, 0.1) is 25.9 Å². The van der Waals surface area contributed by atoms with E-state index in [4.69, 9.17) is 29.0 Å². The maximum atomic E-state index is 12.6. The summed E-state index contributed by atoms with van der Waals surface area (Å²) < 4.78 is 31.8. The molecule has 1 aliphatic heterocycles. The molecule has 5 atom stereocenters. The quantitative estimate of drug-likeness (QED) is 0.177. The van der Waals surface area contributed by atoms with Crippen molar-refractivity contribution < 1.29 is 28.1 Å². The highest BCUT2D eigenvalue weighted by atomic mass is 31.2. The van der Waals surface area contributed by atoms with Crippen LogP contribution in [0.4, 0.5) is 5.95 Å². The molecular formula is C29H37N6O6P. The fourth-order valence-electron chi connectivity index (χ4n) is 5.01. The number of hydrogen-bond acceptors (Lipinski definition) is 11. The second kappa shape index (κ2) is 12.7. The van der Waals surface area contributed by atoms with E-state index >= 15 is 0 Å². The van der Waals surface area contributed by atoms with Crippen LogP contribution in [0.2, 0.25) is 0 Å². The van der Waals surface area contributed by atoms with Crippen LogP contribution < -0.4 is 20.1 Å². The Morgan fingerprint density at radius 1 is 1.17 bits per heavy atom. The smallest absolute Gasteiger partial charge is 0.323 e. The third-order valence-electron chi connectivity index (χ3n) is 6.92. The van der Waals surface area contributed by atoms with Crippen molar-refractivity contribution in [3.05, 3.63) is 48.3 Å². The van der Waals surface area contributed by atoms with E-state index in [1.165, 1.54) is 7.11 Å². The first-order valence-corrected chi connectivity index (χ1v) is 15.1. The number of methoxy groups -OCH3 is 1. The van der Waals surface area contributed by atoms with Gasteiger partial charge in [0.15, 0.2) is 11.2 Å². The van der Waals surface area contributed by atoms with Crippen molar-refractivity contribution in [1.82, 2.24) is 24.6 Å². The molecule has 13 heteroatoms. The number of anilines is 1. The average Bonchev–Trinajstić information content (AvgIpc) is 3.48. The summed E-state index contributed by atoms with van der Waals surface area (Å²) >= 11 is 0. The molecule has 2 aromatic heterocycles. The van der Waals surface area contributed by atoms with Crippen LogP contribution in [0, 0.1) is 12.8 Å². The van der Waals surface area contributed by atoms with Gasteiger partial charge >= 0.3 is 14.5 Å². The van der Waals surface area contributed by atoms with Gasteiger partial charge in [0.25, 0.3) is 0 Å². The van der Waals surface area contributed by atoms with Crippen LogP contribution in [-0.2, 0) is 18.8 Å². The Morgan fingerprint density at radius 2 is 1.93 bits per heavy atom. The molecule has 5 rings (SSSR count). The number of rotatable bonds is 11. The van der Waals surface area contributed by atoms with Crippen molar-refractivity contribution in [2.75, 3.05) is 19.5 Å². The van der Waals surface area contributed by atoms with E-state index in [-0.39, 0.29) is 42.9 Å². The van der Waals surface area contributed by atoms with Gasteiger partial charge < -0.3 is 29.0 Å². The lowest BCUT2D eigenvalue weighted by Crippen LogP contribution is -2.35. The number of carbonyl (C=O) groups excluding carboxylic acids is 1. The summed E-state index contributed by atoms with van der Waals surface area (Å²) in [5.74, 6) is 1.52. The number of imidazole rings is 1. The number of ether oxygens (including phenoxy) is 3. The van der Waals surface area contributed by atoms with Crippen molar-refractivity contribution in [2.24, 2.45) is 5.92 Å². The number of nitrogen functional groups attached to an aromatic ring is 1. The van der Waals surface area contributed by atoms with Crippen molar-refractivity contribution in [3.8, 4) is 11.6 Å². The summed E-state index contributed by atoms with van der Waals surface area (Å²) in [6.07, 6.45) is -0.102. The van der Waals surface area contributed by atoms with E-state index < -0.39 is 14.6 Å². The molecule has 3 heterocycles. The molecule has 0 spiro atoms. The summed E-state index contributed by atoms with van der Waals surface area (Å²) in [4.78, 5) is 25.8. The van der Waals surface area contributed by atoms with Crippen molar-refractivity contribution in [2.45, 2.75) is 65.5 Å². The molecule has 0 amide bonds. The maximum Gasteiger partial charge on any atom is 0.323 e. The first-order valence-electron chi connectivity index (χ1n) is 13.9. The van der Waals surface area contributed by atoms with E-state index in [0.717, 1.165) is 17.2 Å². The highest BCUT2D eigenvalue weighted by Gasteiger charge is 2.37. The molecule has 2 aromatic carbocycles. The number of nitrogens with two attached hydrogens (primary N) is 1. The SMILES string of the molecule is COc1nc(N)nc2c1nc(C)n2C1OC(COP(NC(C)C(=O)OC(C)C)Oc2cccc3ccccc23)CC1C. The summed E-state index contributed by atoms with van der Waals surface area (Å²) in [5, 5.41) is 5.18. The van der Waals surface area contributed by atoms with E-state index in [2.05, 4.69) is 27.0 Å². The Kier molecular flexibility index (Phi) is 9.08. The zero-order valence-corrected chi connectivity index (χ0v) is 25.5. The maximum absolute atomic E-state index is 12.6. The Labute approximate surface area is 245 Å². The number of carbonyl (C=O) groups is 1. The van der Waals surface area contributed by atoms with Crippen LogP contribution in [0.15, 0.2) is 42.5 Å². The summed E-state index contributed by atoms with van der Waals surface area (Å²) in [6, 6.07) is 13.1. The third kappa shape index (κ3) is 6.42. The standard InChI is InChI=1S/C29H37N6O6P/c1-16(2)39-28(36)18(4)34-42(41-23-13-9-11-20-10-7-8-12-22(20)23)38-15-21-14-17(3)27(40-21)35-19(5)31-24-25(35)32-29(30)33-26(24)37-6/h7-13,16-18,21,27,34H,14-15H2,1-6H3,(H2,30,32,33). The number of esters is 1. The Balaban J connectivity index is 1.33. The van der Waals surface area contributed by atoms with Gasteiger partial charge in [-0.2, -0.15) is 9.97 Å². The molecule has 4 aromatic rings. The molecule has 224 valence electrons. The number of benzene rings is 2. The lowest BCUT2D eigenvalue weighted by molar-refractivity contribution is -0.149. The third-order valence-corrected chi connectivity index (χ3v) is 8.26. The number of nitrogens with zero attached hydrogens (tertiary/aromatic N) is 4. The zero-order chi connectivity index (χ0) is 30.0. The van der Waals surface area contributed by atoms with Crippen LogP contribution in [-0.4, -0.2) is 57.5 Å². The number of hydrogen-bond donors (Lipinski definition) is 2. The number of nitrogens with one attached hydrogen (secondary N) is 1. The van der Waals surface area contributed by atoms with Gasteiger partial charge in [-0.3, -0.25) is 9.36 Å². The highest BCUT2D eigenvalue weighted by Crippen LogP contribution is 2.42. The van der Waals surface area contributed by atoms with Gasteiger partial charge in [-0.15, -0.1) is 0 Å². The van der Waals surface area contributed by atoms with Gasteiger partial charge in [-0.05, 0) is 45.6 Å². The fraction of sp³-hybridized carbons (Fsp3) is 0.448. The number of aryl methyl sites for hydroxylation is 1. The molecule has 1 aliphatic rings. The van der Waals surface area contributed by atoms with Crippen LogP contribution >= 0.6 is 8.53 Å². The number of aromatic nitrogens is 4. The van der Waals surface area contributed by atoms with E-state index in [1.807, 2.05) is 67.8 Å².